The highest BCUT2D eigenvalue weighted by atomic mass is 32.2. The summed E-state index contributed by atoms with van der Waals surface area (Å²) in [6.07, 6.45) is 0. The van der Waals surface area contributed by atoms with E-state index < -0.39 is 28.3 Å². The van der Waals surface area contributed by atoms with Gasteiger partial charge in [0.15, 0.2) is 11.3 Å². The second-order valence-electron chi connectivity index (χ2n) is 4.45. The van der Waals surface area contributed by atoms with E-state index in [1.807, 2.05) is 0 Å². The fourth-order valence-electron chi connectivity index (χ4n) is 2.00. The van der Waals surface area contributed by atoms with Crippen molar-refractivity contribution < 1.29 is 9.66 Å². The minimum absolute atomic E-state index is 0.0594. The van der Waals surface area contributed by atoms with E-state index >= 15 is 0 Å². The first-order chi connectivity index (χ1) is 10.5. The number of hydrogen-bond acceptors (Lipinski definition) is 5. The number of H-pyrrole nitrogens is 3. The molecule has 2 aromatic heterocycles. The number of fused-ring (bicyclic) bond motifs is 1. The minimum Gasteiger partial charge on any atom is -0.592 e. The summed E-state index contributed by atoms with van der Waals surface area (Å²) < 4.78 is 12.8. The van der Waals surface area contributed by atoms with Gasteiger partial charge < -0.3 is 9.66 Å². The standard InChI is InChI=1S/C12H10N4O5S/c17-7-4-2-1-3-6(7)5-22(21)16-10(18)8-9(15-12(16)20)14-11(19)13-8/h1-4,17H,5H2,(H,15,20)(H2,13,14,19). The number of aromatic hydroxyl groups is 1. The van der Waals surface area contributed by atoms with Crippen molar-refractivity contribution in [3.05, 3.63) is 61.2 Å². The molecule has 0 aliphatic carbocycles. The molecule has 22 heavy (non-hydrogen) atoms. The molecule has 114 valence electrons. The van der Waals surface area contributed by atoms with Gasteiger partial charge in [-0.2, -0.15) is 0 Å². The molecular formula is C12H10N4O5S. The van der Waals surface area contributed by atoms with Gasteiger partial charge in [0.25, 0.3) is 0 Å². The van der Waals surface area contributed by atoms with E-state index in [-0.39, 0.29) is 22.7 Å². The molecule has 0 amide bonds. The molecule has 0 bridgehead atoms. The number of para-hydroxylation sites is 1. The van der Waals surface area contributed by atoms with Crippen molar-refractivity contribution in [3.63, 3.8) is 0 Å². The van der Waals surface area contributed by atoms with E-state index in [1.165, 1.54) is 12.1 Å². The van der Waals surface area contributed by atoms with Crippen molar-refractivity contribution in [2.75, 3.05) is 0 Å². The van der Waals surface area contributed by atoms with Gasteiger partial charge in [-0.05, 0) is 6.07 Å². The number of nitrogens with one attached hydrogen (secondary N) is 3. The summed E-state index contributed by atoms with van der Waals surface area (Å²) in [5.74, 6) is -0.313. The van der Waals surface area contributed by atoms with Crippen molar-refractivity contribution in [1.29, 1.82) is 0 Å². The lowest BCUT2D eigenvalue weighted by atomic mass is 10.2. The Balaban J connectivity index is 2.10. The fraction of sp³-hybridized carbons (Fsp3) is 0.0833. The lowest BCUT2D eigenvalue weighted by Gasteiger charge is -2.11. The highest BCUT2D eigenvalue weighted by Crippen LogP contribution is 2.18. The van der Waals surface area contributed by atoms with Gasteiger partial charge in [0.1, 0.15) is 11.4 Å². The Morgan fingerprint density at radius 3 is 2.59 bits per heavy atom. The molecule has 1 aromatic carbocycles. The molecule has 3 rings (SSSR count). The average molecular weight is 322 g/mol. The second kappa shape index (κ2) is 5.24. The maximum absolute atomic E-state index is 12.3. The van der Waals surface area contributed by atoms with Crippen LogP contribution in [-0.4, -0.2) is 28.6 Å². The summed E-state index contributed by atoms with van der Waals surface area (Å²) in [6, 6.07) is 6.17. The number of imidazole rings is 1. The number of aromatic nitrogens is 4. The van der Waals surface area contributed by atoms with E-state index in [1.54, 1.807) is 12.1 Å². The predicted molar refractivity (Wildman–Crippen MR) is 79.2 cm³/mol. The van der Waals surface area contributed by atoms with Crippen LogP contribution in [0.3, 0.4) is 0 Å². The van der Waals surface area contributed by atoms with Crippen molar-refractivity contribution in [2.45, 2.75) is 5.75 Å². The van der Waals surface area contributed by atoms with Crippen LogP contribution in [0.2, 0.25) is 0 Å². The molecule has 0 aliphatic rings. The number of aromatic amines is 3. The Bertz CT molecular complexity index is 1010. The van der Waals surface area contributed by atoms with E-state index in [0.717, 1.165) is 0 Å². The molecule has 9 nitrogen and oxygen atoms in total. The summed E-state index contributed by atoms with van der Waals surface area (Å²) in [5, 5.41) is 9.66. The SMILES string of the molecule is O=c1[nH]c2[nH]c(=O)n([S+]([O-])Cc3ccccc3O)c(=O)c2[nH]1. The van der Waals surface area contributed by atoms with Gasteiger partial charge in [-0.15, -0.1) is 0 Å². The maximum atomic E-state index is 12.3. The van der Waals surface area contributed by atoms with Crippen LogP contribution in [0.15, 0.2) is 38.6 Å². The summed E-state index contributed by atoms with van der Waals surface area (Å²) in [7, 11) is 0. The van der Waals surface area contributed by atoms with Crippen molar-refractivity contribution in [2.24, 2.45) is 0 Å². The largest absolute Gasteiger partial charge is 0.592 e. The smallest absolute Gasteiger partial charge is 0.372 e. The maximum Gasteiger partial charge on any atom is 0.372 e. The van der Waals surface area contributed by atoms with Crippen molar-refractivity contribution >= 4 is 22.5 Å². The van der Waals surface area contributed by atoms with Crippen LogP contribution >= 0.6 is 0 Å². The van der Waals surface area contributed by atoms with Gasteiger partial charge in [-0.3, -0.25) is 19.7 Å². The van der Waals surface area contributed by atoms with E-state index in [2.05, 4.69) is 15.0 Å². The molecule has 4 N–H and O–H groups in total. The third-order valence-electron chi connectivity index (χ3n) is 3.02. The molecule has 0 fully saturated rings. The molecule has 1 atom stereocenters. The molecule has 0 saturated carbocycles. The Labute approximate surface area is 124 Å². The van der Waals surface area contributed by atoms with Crippen LogP contribution in [0.25, 0.3) is 11.2 Å². The van der Waals surface area contributed by atoms with Crippen LogP contribution in [0.4, 0.5) is 0 Å². The number of hydrogen-bond donors (Lipinski definition) is 4. The summed E-state index contributed by atoms with van der Waals surface area (Å²) >= 11 is -2.05. The molecule has 3 aromatic rings. The van der Waals surface area contributed by atoms with Gasteiger partial charge in [-0.25, -0.2) is 9.59 Å². The first kappa shape index (κ1) is 14.2. The summed E-state index contributed by atoms with van der Waals surface area (Å²) in [5.41, 5.74) is -2.36. The third-order valence-corrected chi connectivity index (χ3v) is 4.31. The van der Waals surface area contributed by atoms with Crippen molar-refractivity contribution in [1.82, 2.24) is 18.9 Å². The quantitative estimate of drug-likeness (QED) is 0.463. The zero-order chi connectivity index (χ0) is 15.9. The third kappa shape index (κ3) is 2.34. The van der Waals surface area contributed by atoms with Crippen LogP contribution in [0.5, 0.6) is 5.75 Å². The Morgan fingerprint density at radius 2 is 1.86 bits per heavy atom. The van der Waals surface area contributed by atoms with Gasteiger partial charge >= 0.3 is 16.9 Å². The lowest BCUT2D eigenvalue weighted by molar-refractivity contribution is 0.469. The average Bonchev–Trinajstić information content (AvgIpc) is 2.82. The summed E-state index contributed by atoms with van der Waals surface area (Å²) in [6.45, 7) is 0. The highest BCUT2D eigenvalue weighted by Gasteiger charge is 2.21. The zero-order valence-electron chi connectivity index (χ0n) is 11.0. The first-order valence-corrected chi connectivity index (χ1v) is 7.38. The molecule has 1 unspecified atom stereocenters. The zero-order valence-corrected chi connectivity index (χ0v) is 11.8. The van der Waals surface area contributed by atoms with Crippen LogP contribution in [0.1, 0.15) is 5.56 Å². The van der Waals surface area contributed by atoms with Gasteiger partial charge in [-0.1, -0.05) is 22.2 Å². The van der Waals surface area contributed by atoms with Gasteiger partial charge in [0, 0.05) is 5.56 Å². The normalized spacial score (nSPS) is 12.6. The number of phenolic OH excluding ortho intramolecular Hbond substituents is 1. The molecule has 0 saturated heterocycles. The highest BCUT2D eigenvalue weighted by molar-refractivity contribution is 7.89. The molecule has 2 heterocycles. The van der Waals surface area contributed by atoms with Crippen LogP contribution in [0, 0.1) is 0 Å². The molecule has 10 heteroatoms. The van der Waals surface area contributed by atoms with Gasteiger partial charge in [0.05, 0.1) is 11.4 Å². The first-order valence-electron chi connectivity index (χ1n) is 6.10. The van der Waals surface area contributed by atoms with E-state index in [0.29, 0.717) is 9.54 Å². The Morgan fingerprint density at radius 1 is 1.14 bits per heavy atom. The number of benzene rings is 1. The number of nitrogens with zero attached hydrogens (tertiary/aromatic N) is 1. The molecular weight excluding hydrogens is 312 g/mol. The molecule has 0 spiro atoms. The topological polar surface area (TPSA) is 147 Å². The van der Waals surface area contributed by atoms with E-state index in [9.17, 15) is 24.0 Å². The Kier molecular flexibility index (Phi) is 3.39. The number of rotatable bonds is 3. The van der Waals surface area contributed by atoms with Crippen LogP contribution in [-0.2, 0) is 17.1 Å². The monoisotopic (exact) mass is 322 g/mol. The minimum atomic E-state index is -2.05. The van der Waals surface area contributed by atoms with Crippen LogP contribution < -0.4 is 16.9 Å². The second-order valence-corrected chi connectivity index (χ2v) is 5.75. The van der Waals surface area contributed by atoms with Gasteiger partial charge in [0.2, 0.25) is 0 Å². The number of phenols is 1. The van der Waals surface area contributed by atoms with Crippen molar-refractivity contribution in [3.8, 4) is 5.75 Å². The molecule has 0 radical (unpaired) electrons. The lowest BCUT2D eigenvalue weighted by Crippen LogP contribution is -2.40. The fourth-order valence-corrected chi connectivity index (χ4v) is 3.15. The Hall–Kier alpha value is -2.72. The summed E-state index contributed by atoms with van der Waals surface area (Å²) in [4.78, 5) is 42.0. The molecule has 0 aliphatic heterocycles. The predicted octanol–water partition coefficient (Wildman–Crippen LogP) is -0.876. The van der Waals surface area contributed by atoms with E-state index in [4.69, 9.17) is 0 Å².